The molecule has 0 aliphatic carbocycles. The van der Waals surface area contributed by atoms with E-state index in [-0.39, 0.29) is 0 Å². The Hall–Kier alpha value is -1.21. The Labute approximate surface area is 134 Å². The second kappa shape index (κ2) is 6.27. The number of nitrogens with zero attached hydrogens (tertiary/aromatic N) is 5. The second-order valence-electron chi connectivity index (χ2n) is 5.14. The summed E-state index contributed by atoms with van der Waals surface area (Å²) in [6, 6.07) is 0. The third-order valence-corrected chi connectivity index (χ3v) is 5.11. The van der Waals surface area contributed by atoms with Crippen molar-refractivity contribution < 1.29 is 0 Å². The lowest BCUT2D eigenvalue weighted by Crippen LogP contribution is -2.48. The lowest BCUT2D eigenvalue weighted by atomic mass is 10.3. The molecule has 1 aromatic heterocycles. The van der Waals surface area contributed by atoms with Crippen LogP contribution in [0.5, 0.6) is 0 Å². The topological polar surface area (TPSA) is 56.7 Å². The van der Waals surface area contributed by atoms with Crippen LogP contribution in [0.15, 0.2) is 11.3 Å². The number of hydrogen-bond acceptors (Lipinski definition) is 7. The zero-order valence-electron chi connectivity index (χ0n) is 12.2. The Morgan fingerprint density at radius 2 is 1.95 bits per heavy atom. The first-order chi connectivity index (χ1) is 10.2. The summed E-state index contributed by atoms with van der Waals surface area (Å²) in [7, 11) is 1.84. The zero-order chi connectivity index (χ0) is 14.8. The predicted molar refractivity (Wildman–Crippen MR) is 89.7 cm³/mol. The van der Waals surface area contributed by atoms with Crippen molar-refractivity contribution in [3.8, 4) is 0 Å². The van der Waals surface area contributed by atoms with E-state index in [1.54, 1.807) is 0 Å². The monoisotopic (exact) mass is 326 g/mol. The first-order valence-electron chi connectivity index (χ1n) is 7.08. The Bertz CT molecular complexity index is 543. The van der Waals surface area contributed by atoms with Crippen LogP contribution >= 0.6 is 23.4 Å². The number of thioether (sulfide) groups is 1. The molecule has 0 amide bonds. The van der Waals surface area contributed by atoms with Gasteiger partial charge in [0, 0.05) is 38.5 Å². The van der Waals surface area contributed by atoms with E-state index >= 15 is 0 Å². The molecule has 3 heterocycles. The smallest absolute Gasteiger partial charge is 0.159 e. The minimum atomic E-state index is 0.467. The van der Waals surface area contributed by atoms with Crippen LogP contribution in [-0.4, -0.2) is 65.1 Å². The van der Waals surface area contributed by atoms with Crippen LogP contribution in [0.1, 0.15) is 6.92 Å². The average molecular weight is 327 g/mol. The third-order valence-electron chi connectivity index (χ3n) is 3.67. The summed E-state index contributed by atoms with van der Waals surface area (Å²) in [5.74, 6) is 0.881. The molecule has 0 radical (unpaired) electrons. The van der Waals surface area contributed by atoms with Crippen molar-refractivity contribution in [3.05, 3.63) is 11.5 Å². The van der Waals surface area contributed by atoms with Gasteiger partial charge in [-0.15, -0.1) is 0 Å². The number of piperazine rings is 1. The summed E-state index contributed by atoms with van der Waals surface area (Å²) in [6.07, 6.45) is 1.52. The standard InChI is InChI=1S/C13H19ClN6S/c1-9-7-16-13(21-9)20-5-3-19(4-6-20)12-10(15-2)11(14)17-8-18-12/h8-9,15H,3-7H2,1-2H3. The molecule has 1 saturated heterocycles. The van der Waals surface area contributed by atoms with Crippen molar-refractivity contribution in [1.29, 1.82) is 0 Å². The molecule has 8 heteroatoms. The van der Waals surface area contributed by atoms with Crippen molar-refractivity contribution in [2.45, 2.75) is 12.2 Å². The molecule has 1 N–H and O–H groups in total. The predicted octanol–water partition coefficient (Wildman–Crippen LogP) is 1.78. The van der Waals surface area contributed by atoms with Gasteiger partial charge in [-0.1, -0.05) is 30.3 Å². The third kappa shape index (κ3) is 3.03. The molecule has 1 unspecified atom stereocenters. The van der Waals surface area contributed by atoms with Gasteiger partial charge in [0.1, 0.15) is 12.0 Å². The summed E-state index contributed by atoms with van der Waals surface area (Å²) in [5.41, 5.74) is 0.800. The number of halogens is 1. The van der Waals surface area contributed by atoms with E-state index in [2.05, 4.69) is 37.0 Å². The SMILES string of the molecule is CNc1c(Cl)ncnc1N1CCN(C2=NCC(C)S2)CC1. The van der Waals surface area contributed by atoms with E-state index in [4.69, 9.17) is 11.6 Å². The van der Waals surface area contributed by atoms with E-state index in [0.29, 0.717) is 10.4 Å². The number of rotatable bonds is 2. The maximum atomic E-state index is 6.12. The van der Waals surface area contributed by atoms with Crippen LogP contribution in [0.4, 0.5) is 11.5 Å². The maximum Gasteiger partial charge on any atom is 0.159 e. The van der Waals surface area contributed by atoms with Crippen LogP contribution in [0.25, 0.3) is 0 Å². The summed E-state index contributed by atoms with van der Waals surface area (Å²) >= 11 is 8.00. The number of aliphatic imine (C=N–C) groups is 1. The summed E-state index contributed by atoms with van der Waals surface area (Å²) in [6.45, 7) is 6.91. The Morgan fingerprint density at radius 3 is 2.57 bits per heavy atom. The highest BCUT2D eigenvalue weighted by Gasteiger charge is 2.26. The summed E-state index contributed by atoms with van der Waals surface area (Å²) in [5, 5.41) is 5.36. The fourth-order valence-electron chi connectivity index (χ4n) is 2.56. The molecule has 21 heavy (non-hydrogen) atoms. The molecular formula is C13H19ClN6S. The van der Waals surface area contributed by atoms with Gasteiger partial charge in [0.2, 0.25) is 0 Å². The van der Waals surface area contributed by atoms with Gasteiger partial charge >= 0.3 is 0 Å². The van der Waals surface area contributed by atoms with Crippen molar-refractivity contribution in [1.82, 2.24) is 14.9 Å². The van der Waals surface area contributed by atoms with E-state index in [9.17, 15) is 0 Å². The molecule has 1 atom stereocenters. The minimum absolute atomic E-state index is 0.467. The molecule has 0 saturated carbocycles. The molecule has 2 aliphatic rings. The summed E-state index contributed by atoms with van der Waals surface area (Å²) < 4.78 is 0. The molecule has 6 nitrogen and oxygen atoms in total. The lowest BCUT2D eigenvalue weighted by Gasteiger charge is -2.36. The van der Waals surface area contributed by atoms with E-state index in [1.165, 1.54) is 11.5 Å². The van der Waals surface area contributed by atoms with E-state index in [1.807, 2.05) is 18.8 Å². The van der Waals surface area contributed by atoms with Gasteiger partial charge in [-0.25, -0.2) is 9.97 Å². The molecule has 1 aromatic rings. The van der Waals surface area contributed by atoms with Crippen LogP contribution in [0.2, 0.25) is 5.15 Å². The Morgan fingerprint density at radius 1 is 1.24 bits per heavy atom. The first-order valence-corrected chi connectivity index (χ1v) is 8.34. The zero-order valence-corrected chi connectivity index (χ0v) is 13.8. The number of hydrogen-bond donors (Lipinski definition) is 1. The van der Waals surface area contributed by atoms with Crippen molar-refractivity contribution in [3.63, 3.8) is 0 Å². The summed E-state index contributed by atoms with van der Waals surface area (Å²) in [4.78, 5) is 17.6. The molecule has 0 aromatic carbocycles. The van der Waals surface area contributed by atoms with E-state index < -0.39 is 0 Å². The van der Waals surface area contributed by atoms with Crippen molar-refractivity contribution in [2.24, 2.45) is 4.99 Å². The molecule has 114 valence electrons. The van der Waals surface area contributed by atoms with Crippen LogP contribution in [0.3, 0.4) is 0 Å². The van der Waals surface area contributed by atoms with E-state index in [0.717, 1.165) is 44.2 Å². The molecular weight excluding hydrogens is 308 g/mol. The van der Waals surface area contributed by atoms with Crippen molar-refractivity contribution in [2.75, 3.05) is 50.0 Å². The second-order valence-corrected chi connectivity index (χ2v) is 6.90. The minimum Gasteiger partial charge on any atom is -0.383 e. The molecule has 0 spiro atoms. The largest absolute Gasteiger partial charge is 0.383 e. The molecule has 3 rings (SSSR count). The number of aromatic nitrogens is 2. The van der Waals surface area contributed by atoms with Crippen LogP contribution < -0.4 is 10.2 Å². The number of amidine groups is 1. The van der Waals surface area contributed by atoms with Gasteiger partial charge < -0.3 is 15.1 Å². The van der Waals surface area contributed by atoms with Crippen LogP contribution in [-0.2, 0) is 0 Å². The van der Waals surface area contributed by atoms with Gasteiger partial charge in [0.05, 0.1) is 6.54 Å². The molecule has 2 aliphatic heterocycles. The molecule has 0 bridgehead atoms. The highest BCUT2D eigenvalue weighted by Crippen LogP contribution is 2.30. The quantitative estimate of drug-likeness (QED) is 0.836. The highest BCUT2D eigenvalue weighted by molar-refractivity contribution is 8.14. The fourth-order valence-corrected chi connectivity index (χ4v) is 3.77. The number of nitrogens with one attached hydrogen (secondary N) is 1. The molecule has 1 fully saturated rings. The lowest BCUT2D eigenvalue weighted by molar-refractivity contribution is 0.391. The Balaban J connectivity index is 1.67. The first kappa shape index (κ1) is 14.7. The van der Waals surface area contributed by atoms with Gasteiger partial charge in [0.15, 0.2) is 16.1 Å². The van der Waals surface area contributed by atoms with Crippen molar-refractivity contribution >= 4 is 40.0 Å². The average Bonchev–Trinajstić information content (AvgIpc) is 2.94. The van der Waals surface area contributed by atoms with Crippen LogP contribution in [0, 0.1) is 0 Å². The fraction of sp³-hybridized carbons (Fsp3) is 0.615. The maximum absolute atomic E-state index is 6.12. The number of anilines is 2. The Kier molecular flexibility index (Phi) is 4.40. The van der Waals surface area contributed by atoms with Gasteiger partial charge in [-0.2, -0.15) is 0 Å². The van der Waals surface area contributed by atoms with Gasteiger partial charge in [-0.3, -0.25) is 4.99 Å². The normalized spacial score (nSPS) is 22.4. The highest BCUT2D eigenvalue weighted by atomic mass is 35.5. The van der Waals surface area contributed by atoms with Gasteiger partial charge in [-0.05, 0) is 0 Å². The van der Waals surface area contributed by atoms with Gasteiger partial charge in [0.25, 0.3) is 0 Å².